The summed E-state index contributed by atoms with van der Waals surface area (Å²) in [7, 11) is 0. The van der Waals surface area contributed by atoms with Crippen LogP contribution in [-0.2, 0) is 18.9 Å². The van der Waals surface area contributed by atoms with Gasteiger partial charge in [0.25, 0.3) is 0 Å². The van der Waals surface area contributed by atoms with Crippen molar-refractivity contribution in [1.29, 1.82) is 0 Å². The van der Waals surface area contributed by atoms with E-state index in [0.29, 0.717) is 41.4 Å². The number of ether oxygens (including phenoxy) is 4. The van der Waals surface area contributed by atoms with Crippen molar-refractivity contribution in [3.63, 3.8) is 0 Å². The highest BCUT2D eigenvalue weighted by molar-refractivity contribution is 6.42. The van der Waals surface area contributed by atoms with Crippen LogP contribution in [0.4, 0.5) is 0 Å². The quantitative estimate of drug-likeness (QED) is 0.566. The summed E-state index contributed by atoms with van der Waals surface area (Å²) in [5.41, 5.74) is 1.49. The van der Waals surface area contributed by atoms with Gasteiger partial charge in [0.15, 0.2) is 18.4 Å². The van der Waals surface area contributed by atoms with Crippen LogP contribution in [0.5, 0.6) is 0 Å². The van der Waals surface area contributed by atoms with Gasteiger partial charge in [-0.25, -0.2) is 0 Å². The SMILES string of the molecule is Clc1ccc(-n2nnnc2/C(=C/COC2CCCCO2)COC2CCCCO2)cc1Cl. The van der Waals surface area contributed by atoms with E-state index in [1.807, 2.05) is 12.1 Å². The summed E-state index contributed by atoms with van der Waals surface area (Å²) in [5.74, 6) is 0.544. The average Bonchev–Trinajstić information content (AvgIpc) is 3.29. The third-order valence-electron chi connectivity index (χ3n) is 5.22. The molecule has 0 N–H and O–H groups in total. The van der Waals surface area contributed by atoms with E-state index >= 15 is 0 Å². The second kappa shape index (κ2) is 11.4. The van der Waals surface area contributed by atoms with Crippen LogP contribution in [0.2, 0.25) is 10.0 Å². The number of halogens is 2. The summed E-state index contributed by atoms with van der Waals surface area (Å²) < 4.78 is 24.8. The van der Waals surface area contributed by atoms with Crippen LogP contribution >= 0.6 is 23.2 Å². The van der Waals surface area contributed by atoms with Crippen LogP contribution in [0.15, 0.2) is 24.3 Å². The lowest BCUT2D eigenvalue weighted by Gasteiger charge is -2.24. The minimum Gasteiger partial charge on any atom is -0.353 e. The van der Waals surface area contributed by atoms with E-state index in [4.69, 9.17) is 42.1 Å². The predicted molar refractivity (Wildman–Crippen MR) is 116 cm³/mol. The molecule has 1 aromatic heterocycles. The second-order valence-electron chi connectivity index (χ2n) is 7.48. The van der Waals surface area contributed by atoms with Crippen LogP contribution in [0, 0.1) is 0 Å². The van der Waals surface area contributed by atoms with Crippen LogP contribution in [-0.4, -0.2) is 59.2 Å². The maximum Gasteiger partial charge on any atom is 0.185 e. The minimum atomic E-state index is -0.228. The highest BCUT2D eigenvalue weighted by Crippen LogP contribution is 2.26. The Bertz CT molecular complexity index is 880. The van der Waals surface area contributed by atoms with Gasteiger partial charge in [-0.05, 0) is 73.2 Å². The number of benzene rings is 1. The van der Waals surface area contributed by atoms with Crippen molar-refractivity contribution in [2.45, 2.75) is 51.1 Å². The first-order valence-electron chi connectivity index (χ1n) is 10.6. The molecular formula is C21H26Cl2N4O4. The molecule has 3 heterocycles. The molecule has 4 rings (SSSR count). The number of tetrazole rings is 1. The molecule has 2 fully saturated rings. The summed E-state index contributed by atoms with van der Waals surface area (Å²) in [6.07, 6.45) is 7.64. The van der Waals surface area contributed by atoms with Crippen LogP contribution < -0.4 is 0 Å². The Morgan fingerprint density at radius 1 is 1.03 bits per heavy atom. The normalized spacial score (nSPS) is 22.6. The third kappa shape index (κ3) is 6.25. The van der Waals surface area contributed by atoms with E-state index in [2.05, 4.69) is 15.5 Å². The summed E-state index contributed by atoms with van der Waals surface area (Å²) in [5, 5.41) is 13.1. The maximum absolute atomic E-state index is 6.19. The van der Waals surface area contributed by atoms with Crippen molar-refractivity contribution in [3.05, 3.63) is 40.1 Å². The summed E-state index contributed by atoms with van der Waals surface area (Å²) >= 11 is 12.2. The van der Waals surface area contributed by atoms with E-state index in [1.54, 1.807) is 16.8 Å². The zero-order chi connectivity index (χ0) is 21.5. The zero-order valence-corrected chi connectivity index (χ0v) is 18.7. The van der Waals surface area contributed by atoms with E-state index in [1.165, 1.54) is 0 Å². The van der Waals surface area contributed by atoms with Gasteiger partial charge in [-0.2, -0.15) is 4.68 Å². The molecule has 0 bridgehead atoms. The van der Waals surface area contributed by atoms with Crippen molar-refractivity contribution < 1.29 is 18.9 Å². The molecule has 0 amide bonds. The number of aromatic nitrogens is 4. The van der Waals surface area contributed by atoms with Gasteiger partial charge in [-0.1, -0.05) is 23.2 Å². The summed E-state index contributed by atoms with van der Waals surface area (Å²) in [6, 6.07) is 5.24. The topological polar surface area (TPSA) is 80.5 Å². The highest BCUT2D eigenvalue weighted by atomic mass is 35.5. The zero-order valence-electron chi connectivity index (χ0n) is 17.2. The lowest BCUT2D eigenvalue weighted by atomic mass is 10.2. The van der Waals surface area contributed by atoms with Crippen molar-refractivity contribution in [2.24, 2.45) is 0 Å². The monoisotopic (exact) mass is 468 g/mol. The van der Waals surface area contributed by atoms with Gasteiger partial charge in [0.2, 0.25) is 0 Å². The molecule has 8 nitrogen and oxygen atoms in total. The van der Waals surface area contributed by atoms with Gasteiger partial charge in [-0.3, -0.25) is 0 Å². The van der Waals surface area contributed by atoms with E-state index in [0.717, 1.165) is 50.7 Å². The Balaban J connectivity index is 1.52. The highest BCUT2D eigenvalue weighted by Gasteiger charge is 2.20. The van der Waals surface area contributed by atoms with Gasteiger partial charge < -0.3 is 18.9 Å². The van der Waals surface area contributed by atoms with Crippen molar-refractivity contribution in [2.75, 3.05) is 26.4 Å². The first-order valence-corrected chi connectivity index (χ1v) is 11.4. The van der Waals surface area contributed by atoms with Gasteiger partial charge in [0.05, 0.1) is 28.9 Å². The first kappa shape index (κ1) is 22.6. The van der Waals surface area contributed by atoms with E-state index < -0.39 is 0 Å². The Morgan fingerprint density at radius 2 is 1.77 bits per heavy atom. The first-order chi connectivity index (χ1) is 15.2. The Morgan fingerprint density at radius 3 is 2.45 bits per heavy atom. The molecule has 0 spiro atoms. The molecule has 0 aliphatic carbocycles. The lowest BCUT2D eigenvalue weighted by molar-refractivity contribution is -0.157. The second-order valence-corrected chi connectivity index (χ2v) is 8.29. The smallest absolute Gasteiger partial charge is 0.185 e. The molecule has 1 aromatic carbocycles. The molecule has 0 radical (unpaired) electrons. The molecule has 31 heavy (non-hydrogen) atoms. The Labute approximate surface area is 191 Å². The fourth-order valence-electron chi connectivity index (χ4n) is 3.52. The predicted octanol–water partition coefficient (Wildman–Crippen LogP) is 4.44. The minimum absolute atomic E-state index is 0.181. The molecule has 10 heteroatoms. The van der Waals surface area contributed by atoms with Crippen LogP contribution in [0.1, 0.15) is 44.3 Å². The molecule has 168 valence electrons. The number of nitrogens with zero attached hydrogens (tertiary/aromatic N) is 4. The van der Waals surface area contributed by atoms with E-state index in [-0.39, 0.29) is 12.6 Å². The number of hydrogen-bond acceptors (Lipinski definition) is 7. The number of rotatable bonds is 8. The molecule has 2 aliphatic heterocycles. The Kier molecular flexibility index (Phi) is 8.29. The molecule has 2 unspecified atom stereocenters. The fourth-order valence-corrected chi connectivity index (χ4v) is 3.81. The molecule has 0 saturated carbocycles. The largest absolute Gasteiger partial charge is 0.353 e. The molecule has 2 atom stereocenters. The van der Waals surface area contributed by atoms with E-state index in [9.17, 15) is 0 Å². The summed E-state index contributed by atoms with van der Waals surface area (Å²) in [4.78, 5) is 0. The average molecular weight is 469 g/mol. The van der Waals surface area contributed by atoms with Gasteiger partial charge >= 0.3 is 0 Å². The standard InChI is InChI=1S/C21H26Cl2N4O4/c22-17-8-7-16(13-18(17)23)27-21(24-25-26-27)15(14-31-20-6-2-4-11-29-20)9-12-30-19-5-1-3-10-28-19/h7-9,13,19-20H,1-6,10-12,14H2/b15-9+. The molecule has 2 aromatic rings. The van der Waals surface area contributed by atoms with Crippen molar-refractivity contribution >= 4 is 28.8 Å². The van der Waals surface area contributed by atoms with Crippen LogP contribution in [0.25, 0.3) is 11.3 Å². The summed E-state index contributed by atoms with van der Waals surface area (Å²) in [6.45, 7) is 2.11. The van der Waals surface area contributed by atoms with Gasteiger partial charge in [-0.15, -0.1) is 5.10 Å². The lowest BCUT2D eigenvalue weighted by Crippen LogP contribution is -2.24. The Hall–Kier alpha value is -1.55. The molecule has 2 aliphatic rings. The molecule has 2 saturated heterocycles. The van der Waals surface area contributed by atoms with Crippen molar-refractivity contribution in [1.82, 2.24) is 20.2 Å². The van der Waals surface area contributed by atoms with Gasteiger partial charge in [0, 0.05) is 18.8 Å². The van der Waals surface area contributed by atoms with Crippen LogP contribution in [0.3, 0.4) is 0 Å². The number of hydrogen-bond donors (Lipinski definition) is 0. The fraction of sp³-hybridized carbons (Fsp3) is 0.571. The van der Waals surface area contributed by atoms with Crippen molar-refractivity contribution in [3.8, 4) is 5.69 Å². The third-order valence-corrected chi connectivity index (χ3v) is 5.96. The molecular weight excluding hydrogens is 443 g/mol. The van der Waals surface area contributed by atoms with Gasteiger partial charge in [0.1, 0.15) is 0 Å². The maximum atomic E-state index is 6.19.